The average molecular weight is 314 g/mol. The van der Waals surface area contributed by atoms with Crippen LogP contribution in [-0.2, 0) is 10.0 Å². The van der Waals surface area contributed by atoms with Gasteiger partial charge in [-0.1, -0.05) is 0 Å². The molecule has 0 fully saturated rings. The van der Waals surface area contributed by atoms with Crippen LogP contribution in [0.25, 0.3) is 0 Å². The van der Waals surface area contributed by atoms with E-state index < -0.39 is 10.0 Å². The van der Waals surface area contributed by atoms with Crippen LogP contribution < -0.4 is 10.0 Å². The van der Waals surface area contributed by atoms with E-state index in [1.54, 1.807) is 7.05 Å². The molecule has 1 aromatic heterocycles. The van der Waals surface area contributed by atoms with Crippen LogP contribution in [0.3, 0.4) is 0 Å². The van der Waals surface area contributed by atoms with E-state index in [1.807, 2.05) is 0 Å². The molecule has 21 heavy (non-hydrogen) atoms. The highest BCUT2D eigenvalue weighted by Crippen LogP contribution is 2.12. The fourth-order valence-electron chi connectivity index (χ4n) is 2.22. The van der Waals surface area contributed by atoms with Gasteiger partial charge in [0.05, 0.1) is 4.90 Å². The number of rotatable bonds is 8. The van der Waals surface area contributed by atoms with Gasteiger partial charge in [0.1, 0.15) is 5.82 Å². The van der Waals surface area contributed by atoms with Gasteiger partial charge < -0.3 is 5.32 Å². The molecule has 0 aromatic carbocycles. The first-order valence-corrected chi connectivity index (χ1v) is 8.65. The second kappa shape index (κ2) is 7.72. The van der Waals surface area contributed by atoms with Gasteiger partial charge in [-0.2, -0.15) is 0 Å². The van der Waals surface area contributed by atoms with Gasteiger partial charge in [0.2, 0.25) is 10.0 Å². The van der Waals surface area contributed by atoms with Crippen molar-refractivity contribution in [3.63, 3.8) is 0 Å². The van der Waals surface area contributed by atoms with Crippen LogP contribution in [0.5, 0.6) is 0 Å². The zero-order chi connectivity index (χ0) is 16.0. The Labute approximate surface area is 128 Å². The summed E-state index contributed by atoms with van der Waals surface area (Å²) >= 11 is 0. The predicted octanol–water partition coefficient (Wildman–Crippen LogP) is 1.52. The highest BCUT2D eigenvalue weighted by atomic mass is 32.2. The first-order valence-electron chi connectivity index (χ1n) is 7.17. The van der Waals surface area contributed by atoms with E-state index in [-0.39, 0.29) is 4.90 Å². The summed E-state index contributed by atoms with van der Waals surface area (Å²) in [6.45, 7) is 9.49. The second-order valence-corrected chi connectivity index (χ2v) is 7.22. The number of hydrogen-bond donors (Lipinski definition) is 2. The highest BCUT2D eigenvalue weighted by Gasteiger charge is 2.17. The Morgan fingerprint density at radius 1 is 1.24 bits per heavy atom. The van der Waals surface area contributed by atoms with Crippen molar-refractivity contribution in [3.8, 4) is 0 Å². The van der Waals surface area contributed by atoms with Gasteiger partial charge in [-0.15, -0.1) is 0 Å². The number of hydrogen-bond acceptors (Lipinski definition) is 5. The van der Waals surface area contributed by atoms with E-state index in [2.05, 4.69) is 47.6 Å². The molecule has 0 saturated carbocycles. The van der Waals surface area contributed by atoms with Crippen molar-refractivity contribution in [2.45, 2.75) is 44.7 Å². The van der Waals surface area contributed by atoms with Crippen molar-refractivity contribution in [3.05, 3.63) is 18.3 Å². The monoisotopic (exact) mass is 314 g/mol. The van der Waals surface area contributed by atoms with Crippen LogP contribution >= 0.6 is 0 Å². The van der Waals surface area contributed by atoms with Gasteiger partial charge in [0, 0.05) is 44.5 Å². The number of aromatic nitrogens is 1. The maximum Gasteiger partial charge on any atom is 0.240 e. The molecule has 0 unspecified atom stereocenters. The fraction of sp³-hybridized carbons (Fsp3) is 0.643. The minimum Gasteiger partial charge on any atom is -0.373 e. The zero-order valence-electron chi connectivity index (χ0n) is 13.4. The lowest BCUT2D eigenvalue weighted by Crippen LogP contribution is -2.42. The summed E-state index contributed by atoms with van der Waals surface area (Å²) in [6.07, 6.45) is 1.48. The predicted molar refractivity (Wildman–Crippen MR) is 86.0 cm³/mol. The van der Waals surface area contributed by atoms with E-state index in [9.17, 15) is 8.42 Å². The summed E-state index contributed by atoms with van der Waals surface area (Å²) in [5, 5.41) is 2.83. The average Bonchev–Trinajstić information content (AvgIpc) is 2.42. The topological polar surface area (TPSA) is 74.3 Å². The Bertz CT molecular complexity index is 536. The van der Waals surface area contributed by atoms with E-state index in [0.717, 1.165) is 0 Å². The molecule has 0 saturated heterocycles. The maximum absolute atomic E-state index is 12.2. The first kappa shape index (κ1) is 17.9. The number of nitrogens with zero attached hydrogens (tertiary/aromatic N) is 2. The molecule has 120 valence electrons. The first-order chi connectivity index (χ1) is 9.77. The molecule has 0 atom stereocenters. The van der Waals surface area contributed by atoms with Crippen LogP contribution in [0.15, 0.2) is 23.2 Å². The Morgan fingerprint density at radius 3 is 2.38 bits per heavy atom. The molecule has 0 aliphatic carbocycles. The Hall–Kier alpha value is -1.18. The van der Waals surface area contributed by atoms with E-state index in [1.165, 1.54) is 18.3 Å². The molecule has 0 bridgehead atoms. The van der Waals surface area contributed by atoms with Gasteiger partial charge in [-0.25, -0.2) is 18.1 Å². The second-order valence-electron chi connectivity index (χ2n) is 5.45. The van der Waals surface area contributed by atoms with Gasteiger partial charge >= 0.3 is 0 Å². The van der Waals surface area contributed by atoms with Crippen LogP contribution in [0.1, 0.15) is 27.7 Å². The molecular weight excluding hydrogens is 288 g/mol. The van der Waals surface area contributed by atoms with Crippen molar-refractivity contribution >= 4 is 15.8 Å². The molecule has 1 rings (SSSR count). The van der Waals surface area contributed by atoms with Crippen LogP contribution in [0.4, 0.5) is 5.82 Å². The third kappa shape index (κ3) is 5.26. The van der Waals surface area contributed by atoms with Gasteiger partial charge in [-0.05, 0) is 33.8 Å². The molecule has 6 nitrogen and oxygen atoms in total. The third-order valence-corrected chi connectivity index (χ3v) is 4.75. The lowest BCUT2D eigenvalue weighted by molar-refractivity contribution is 0.179. The SMILES string of the molecule is CNc1cc(S(=O)(=O)NCCN(C(C)C)C(C)C)ccn1. The van der Waals surface area contributed by atoms with E-state index in [4.69, 9.17) is 0 Å². The van der Waals surface area contributed by atoms with Gasteiger partial charge in [0.25, 0.3) is 0 Å². The molecule has 0 aliphatic rings. The summed E-state index contributed by atoms with van der Waals surface area (Å²) < 4.78 is 27.1. The van der Waals surface area contributed by atoms with E-state index >= 15 is 0 Å². The Morgan fingerprint density at radius 2 is 1.86 bits per heavy atom. The smallest absolute Gasteiger partial charge is 0.240 e. The molecule has 1 aromatic rings. The van der Waals surface area contributed by atoms with Crippen molar-refractivity contribution in [2.24, 2.45) is 0 Å². The van der Waals surface area contributed by atoms with Gasteiger partial charge in [-0.3, -0.25) is 4.90 Å². The Kier molecular flexibility index (Phi) is 6.57. The summed E-state index contributed by atoms with van der Waals surface area (Å²) in [5.74, 6) is 0.531. The van der Waals surface area contributed by atoms with Crippen LogP contribution in [-0.4, -0.2) is 50.5 Å². The van der Waals surface area contributed by atoms with E-state index in [0.29, 0.717) is 31.0 Å². The minimum atomic E-state index is -3.50. The van der Waals surface area contributed by atoms with Crippen molar-refractivity contribution in [1.82, 2.24) is 14.6 Å². The minimum absolute atomic E-state index is 0.225. The molecule has 0 radical (unpaired) electrons. The number of pyridine rings is 1. The lowest BCUT2D eigenvalue weighted by atomic mass is 10.2. The summed E-state index contributed by atoms with van der Waals surface area (Å²) in [7, 11) is -1.79. The molecule has 0 aliphatic heterocycles. The van der Waals surface area contributed by atoms with Crippen molar-refractivity contribution < 1.29 is 8.42 Å². The quantitative estimate of drug-likeness (QED) is 0.761. The summed E-state index contributed by atoms with van der Waals surface area (Å²) in [5.41, 5.74) is 0. The molecule has 0 amide bonds. The largest absolute Gasteiger partial charge is 0.373 e. The van der Waals surface area contributed by atoms with Crippen molar-refractivity contribution in [1.29, 1.82) is 0 Å². The maximum atomic E-state index is 12.2. The summed E-state index contributed by atoms with van der Waals surface area (Å²) in [4.78, 5) is 6.48. The normalized spacial score (nSPS) is 12.4. The fourth-order valence-corrected chi connectivity index (χ4v) is 3.25. The van der Waals surface area contributed by atoms with Crippen molar-refractivity contribution in [2.75, 3.05) is 25.5 Å². The zero-order valence-corrected chi connectivity index (χ0v) is 14.2. The number of anilines is 1. The standard InChI is InChI=1S/C14H26N4O2S/c1-11(2)18(12(3)4)9-8-17-21(19,20)13-6-7-16-14(10-13)15-5/h6-7,10-12,17H,8-9H2,1-5H3,(H,15,16). The molecule has 2 N–H and O–H groups in total. The summed E-state index contributed by atoms with van der Waals surface area (Å²) in [6, 6.07) is 3.77. The lowest BCUT2D eigenvalue weighted by Gasteiger charge is -2.30. The molecule has 7 heteroatoms. The number of nitrogens with one attached hydrogen (secondary N) is 2. The van der Waals surface area contributed by atoms with Gasteiger partial charge in [0.15, 0.2) is 0 Å². The highest BCUT2D eigenvalue weighted by molar-refractivity contribution is 7.89. The molecule has 0 spiro atoms. The Balaban J connectivity index is 2.68. The van der Waals surface area contributed by atoms with Crippen LogP contribution in [0.2, 0.25) is 0 Å². The van der Waals surface area contributed by atoms with Crippen LogP contribution in [0, 0.1) is 0 Å². The molecular formula is C14H26N4O2S. The number of sulfonamides is 1. The molecule has 1 heterocycles. The third-order valence-electron chi connectivity index (χ3n) is 3.29.